The van der Waals surface area contributed by atoms with Crippen molar-refractivity contribution in [3.63, 3.8) is 0 Å². The average Bonchev–Trinajstić information content (AvgIpc) is 3.38. The normalized spacial score (nSPS) is 20.4. The number of aryl methyl sites for hydroxylation is 1. The molecule has 0 radical (unpaired) electrons. The molecule has 3 aromatic rings. The molecule has 1 fully saturated rings. The molecule has 0 amide bonds. The summed E-state index contributed by atoms with van der Waals surface area (Å²) in [5.41, 5.74) is 3.83. The first kappa shape index (κ1) is 19.6. The molecule has 3 heterocycles. The number of H-pyrrole nitrogens is 1. The maximum atomic E-state index is 4.97. The molecule has 2 aromatic heterocycles. The summed E-state index contributed by atoms with van der Waals surface area (Å²) in [4.78, 5) is 15.0. The predicted molar refractivity (Wildman–Crippen MR) is 119 cm³/mol. The lowest BCUT2D eigenvalue weighted by atomic mass is 9.93. The number of nitrogens with one attached hydrogen (secondary N) is 2. The first-order valence-corrected chi connectivity index (χ1v) is 10.7. The van der Waals surface area contributed by atoms with Crippen molar-refractivity contribution < 1.29 is 0 Å². The second kappa shape index (κ2) is 8.72. The third-order valence-electron chi connectivity index (χ3n) is 6.03. The van der Waals surface area contributed by atoms with Crippen molar-refractivity contribution in [2.75, 3.05) is 26.2 Å². The highest BCUT2D eigenvalue weighted by molar-refractivity contribution is 5.84. The summed E-state index contributed by atoms with van der Waals surface area (Å²) in [6, 6.07) is 7.04. The maximum absolute atomic E-state index is 4.97. The number of imidazole rings is 1. The monoisotopic (exact) mass is 392 g/mol. The summed E-state index contributed by atoms with van der Waals surface area (Å²) in [7, 11) is 0. The van der Waals surface area contributed by atoms with Gasteiger partial charge in [0.1, 0.15) is 0 Å². The molecule has 1 aliphatic heterocycles. The Morgan fingerprint density at radius 1 is 1.38 bits per heavy atom. The molecule has 0 bridgehead atoms. The van der Waals surface area contributed by atoms with E-state index in [2.05, 4.69) is 76.1 Å². The molecule has 2 unspecified atom stereocenters. The van der Waals surface area contributed by atoms with Crippen LogP contribution < -0.4 is 5.32 Å². The summed E-state index contributed by atoms with van der Waals surface area (Å²) >= 11 is 0. The van der Waals surface area contributed by atoms with E-state index in [0.717, 1.165) is 45.0 Å². The van der Waals surface area contributed by atoms with Crippen molar-refractivity contribution in [1.29, 1.82) is 0 Å². The van der Waals surface area contributed by atoms with E-state index < -0.39 is 0 Å². The van der Waals surface area contributed by atoms with Crippen LogP contribution in [0, 0.1) is 12.8 Å². The minimum Gasteiger partial charge on any atom is -0.361 e. The van der Waals surface area contributed by atoms with Crippen LogP contribution in [0.2, 0.25) is 0 Å². The van der Waals surface area contributed by atoms with Crippen molar-refractivity contribution in [3.8, 4) is 0 Å². The SMILES string of the molecule is CCNC(=NCCc1c[nH]c2cc(C)ccc12)N1CCC(C)C(n2ccnc2)C1. The average molecular weight is 393 g/mol. The van der Waals surface area contributed by atoms with Gasteiger partial charge in [-0.1, -0.05) is 19.1 Å². The standard InChI is InChI=1S/C23H32N6/c1-4-25-23(28-11-8-18(3)22(15-28)29-12-10-24-16-29)26-9-7-19-14-27-21-13-17(2)5-6-20(19)21/h5-6,10,12-14,16,18,22,27H,4,7-9,11,15H2,1-3H3,(H,25,26). The van der Waals surface area contributed by atoms with Gasteiger partial charge in [-0.25, -0.2) is 4.98 Å². The van der Waals surface area contributed by atoms with E-state index in [0.29, 0.717) is 12.0 Å². The van der Waals surface area contributed by atoms with E-state index in [-0.39, 0.29) is 0 Å². The van der Waals surface area contributed by atoms with Crippen LogP contribution in [0.25, 0.3) is 10.9 Å². The number of hydrogen-bond acceptors (Lipinski definition) is 2. The lowest BCUT2D eigenvalue weighted by molar-refractivity contribution is 0.189. The smallest absolute Gasteiger partial charge is 0.193 e. The van der Waals surface area contributed by atoms with Crippen molar-refractivity contribution in [3.05, 3.63) is 54.2 Å². The van der Waals surface area contributed by atoms with Gasteiger partial charge >= 0.3 is 0 Å². The molecule has 2 N–H and O–H groups in total. The van der Waals surface area contributed by atoms with E-state index in [4.69, 9.17) is 4.99 Å². The summed E-state index contributed by atoms with van der Waals surface area (Å²) in [6.45, 7) is 10.3. The van der Waals surface area contributed by atoms with Crippen molar-refractivity contribution in [2.24, 2.45) is 10.9 Å². The van der Waals surface area contributed by atoms with Crippen LogP contribution in [-0.2, 0) is 6.42 Å². The fourth-order valence-corrected chi connectivity index (χ4v) is 4.31. The van der Waals surface area contributed by atoms with Crippen LogP contribution in [0.5, 0.6) is 0 Å². The Morgan fingerprint density at radius 2 is 2.28 bits per heavy atom. The number of fused-ring (bicyclic) bond motifs is 1. The fourth-order valence-electron chi connectivity index (χ4n) is 4.31. The number of aromatic amines is 1. The molecule has 1 aliphatic rings. The van der Waals surface area contributed by atoms with Gasteiger partial charge in [0.15, 0.2) is 5.96 Å². The van der Waals surface area contributed by atoms with Crippen molar-refractivity contribution in [2.45, 2.75) is 39.7 Å². The number of rotatable bonds is 5. The van der Waals surface area contributed by atoms with Gasteiger partial charge in [0.2, 0.25) is 0 Å². The van der Waals surface area contributed by atoms with Gasteiger partial charge in [0.05, 0.1) is 12.4 Å². The van der Waals surface area contributed by atoms with E-state index in [1.165, 1.54) is 22.0 Å². The van der Waals surface area contributed by atoms with Gasteiger partial charge in [-0.15, -0.1) is 0 Å². The van der Waals surface area contributed by atoms with Gasteiger partial charge in [-0.2, -0.15) is 0 Å². The highest BCUT2D eigenvalue weighted by Gasteiger charge is 2.28. The van der Waals surface area contributed by atoms with Gasteiger partial charge in [0, 0.05) is 55.7 Å². The van der Waals surface area contributed by atoms with Gasteiger partial charge in [-0.05, 0) is 49.8 Å². The van der Waals surface area contributed by atoms with Crippen LogP contribution >= 0.6 is 0 Å². The van der Waals surface area contributed by atoms with E-state index >= 15 is 0 Å². The van der Waals surface area contributed by atoms with Gasteiger partial charge < -0.3 is 19.8 Å². The number of aromatic nitrogens is 3. The third-order valence-corrected chi connectivity index (χ3v) is 6.03. The minimum atomic E-state index is 0.437. The lowest BCUT2D eigenvalue weighted by Crippen LogP contribution is -2.49. The number of guanidine groups is 1. The fraction of sp³-hybridized carbons (Fsp3) is 0.478. The van der Waals surface area contributed by atoms with E-state index in [9.17, 15) is 0 Å². The molecule has 154 valence electrons. The van der Waals surface area contributed by atoms with Crippen LogP contribution in [0.1, 0.15) is 37.4 Å². The highest BCUT2D eigenvalue weighted by atomic mass is 15.3. The number of aliphatic imine (C=N–C) groups is 1. The Morgan fingerprint density at radius 3 is 3.07 bits per heavy atom. The van der Waals surface area contributed by atoms with Crippen molar-refractivity contribution in [1.82, 2.24) is 24.8 Å². The Balaban J connectivity index is 1.45. The molecule has 2 atom stereocenters. The number of hydrogen-bond donors (Lipinski definition) is 2. The largest absolute Gasteiger partial charge is 0.361 e. The number of benzene rings is 1. The summed E-state index contributed by atoms with van der Waals surface area (Å²) < 4.78 is 2.24. The summed E-state index contributed by atoms with van der Waals surface area (Å²) in [5, 5.41) is 4.81. The molecule has 0 aliphatic carbocycles. The maximum Gasteiger partial charge on any atom is 0.193 e. The molecule has 1 saturated heterocycles. The zero-order valence-electron chi connectivity index (χ0n) is 17.7. The molecular weight excluding hydrogens is 360 g/mol. The number of nitrogens with zero attached hydrogens (tertiary/aromatic N) is 4. The second-order valence-electron chi connectivity index (χ2n) is 8.14. The van der Waals surface area contributed by atoms with E-state index in [1.54, 1.807) is 0 Å². The zero-order valence-corrected chi connectivity index (χ0v) is 17.7. The summed E-state index contributed by atoms with van der Waals surface area (Å²) in [6.07, 6.45) is 10.1. The molecular formula is C23H32N6. The molecule has 1 aromatic carbocycles. The first-order valence-electron chi connectivity index (χ1n) is 10.7. The Bertz CT molecular complexity index is 955. The lowest BCUT2D eigenvalue weighted by Gasteiger charge is -2.39. The van der Waals surface area contributed by atoms with Crippen molar-refractivity contribution >= 4 is 16.9 Å². The zero-order chi connectivity index (χ0) is 20.2. The Kier molecular flexibility index (Phi) is 5.88. The quantitative estimate of drug-likeness (QED) is 0.513. The van der Waals surface area contributed by atoms with Crippen LogP contribution in [0.15, 0.2) is 48.1 Å². The Hall–Kier alpha value is -2.76. The Labute approximate surface area is 173 Å². The molecule has 4 rings (SSSR count). The molecule has 6 heteroatoms. The van der Waals surface area contributed by atoms with Crippen LogP contribution in [-0.4, -0.2) is 51.6 Å². The minimum absolute atomic E-state index is 0.437. The van der Waals surface area contributed by atoms with E-state index in [1.807, 2.05) is 12.5 Å². The van der Waals surface area contributed by atoms with Crippen LogP contribution in [0.3, 0.4) is 0 Å². The third kappa shape index (κ3) is 4.31. The van der Waals surface area contributed by atoms with Gasteiger partial charge in [-0.3, -0.25) is 4.99 Å². The number of likely N-dealkylation sites (tertiary alicyclic amines) is 1. The number of piperidine rings is 1. The second-order valence-corrected chi connectivity index (χ2v) is 8.14. The first-order chi connectivity index (χ1) is 14.2. The molecule has 0 spiro atoms. The summed E-state index contributed by atoms with van der Waals surface area (Å²) in [5.74, 6) is 1.67. The molecule has 29 heavy (non-hydrogen) atoms. The predicted octanol–water partition coefficient (Wildman–Crippen LogP) is 3.76. The topological polar surface area (TPSA) is 61.2 Å². The van der Waals surface area contributed by atoms with Gasteiger partial charge in [0.25, 0.3) is 0 Å². The van der Waals surface area contributed by atoms with Crippen LogP contribution in [0.4, 0.5) is 0 Å². The molecule has 6 nitrogen and oxygen atoms in total. The molecule has 0 saturated carbocycles. The highest BCUT2D eigenvalue weighted by Crippen LogP contribution is 2.27.